The number of anilines is 1. The number of amides is 2. The molecule has 1 saturated carbocycles. The van der Waals surface area contributed by atoms with Gasteiger partial charge < -0.3 is 40.6 Å². The van der Waals surface area contributed by atoms with Crippen molar-refractivity contribution < 1.29 is 29.3 Å². The molecule has 3 aromatic rings. The SMILES string of the molecule is CC(C)(C)OC(=O)NCCCOc1cccc(C(=O)N[C@@H]2CC[C@@H](n3cnc4c(N)ncnc43)[C@@H](O)[C@@H]2O)c1. The minimum absolute atomic E-state index is 0.235. The van der Waals surface area contributed by atoms with Crippen molar-refractivity contribution in [3.8, 4) is 5.75 Å². The van der Waals surface area contributed by atoms with E-state index in [0.717, 1.165) is 0 Å². The predicted octanol–water partition coefficient (Wildman–Crippen LogP) is 1.56. The van der Waals surface area contributed by atoms with Gasteiger partial charge in [-0.2, -0.15) is 0 Å². The van der Waals surface area contributed by atoms with E-state index in [1.165, 1.54) is 12.7 Å². The maximum Gasteiger partial charge on any atom is 0.407 e. The second-order valence-electron chi connectivity index (χ2n) is 10.4. The Balaban J connectivity index is 1.28. The summed E-state index contributed by atoms with van der Waals surface area (Å²) in [5.74, 6) is 0.339. The smallest absolute Gasteiger partial charge is 0.407 e. The molecule has 0 spiro atoms. The van der Waals surface area contributed by atoms with Crippen molar-refractivity contribution >= 4 is 29.0 Å². The molecule has 13 nitrogen and oxygen atoms in total. The number of rotatable bonds is 8. The molecule has 0 unspecified atom stereocenters. The number of fused-ring (bicyclic) bond motifs is 1. The molecule has 1 aliphatic carbocycles. The highest BCUT2D eigenvalue weighted by atomic mass is 16.6. The first kappa shape index (κ1) is 28.0. The number of hydrogen-bond donors (Lipinski definition) is 5. The van der Waals surface area contributed by atoms with Crippen LogP contribution in [0.1, 0.15) is 56.4 Å². The summed E-state index contributed by atoms with van der Waals surface area (Å²) in [5.41, 5.74) is 6.55. The summed E-state index contributed by atoms with van der Waals surface area (Å²) in [5, 5.41) is 27.2. The van der Waals surface area contributed by atoms with Crippen LogP contribution in [0.25, 0.3) is 11.2 Å². The Morgan fingerprint density at radius 2 is 1.95 bits per heavy atom. The average Bonchev–Trinajstić information content (AvgIpc) is 3.31. The number of alkyl carbamates (subject to hydrolysis) is 1. The van der Waals surface area contributed by atoms with E-state index in [2.05, 4.69) is 25.6 Å². The van der Waals surface area contributed by atoms with Gasteiger partial charge in [-0.3, -0.25) is 4.79 Å². The summed E-state index contributed by atoms with van der Waals surface area (Å²) in [6.07, 6.45) is 1.43. The lowest BCUT2D eigenvalue weighted by atomic mass is 9.85. The summed E-state index contributed by atoms with van der Waals surface area (Å²) in [6.45, 7) is 6.09. The Bertz CT molecular complexity index is 1310. The maximum atomic E-state index is 12.9. The molecule has 1 aromatic carbocycles. The van der Waals surface area contributed by atoms with Crippen molar-refractivity contribution in [2.45, 2.75) is 69.9 Å². The molecule has 4 atom stereocenters. The molecule has 13 heteroatoms. The van der Waals surface area contributed by atoms with Crippen LogP contribution in [0.15, 0.2) is 36.9 Å². The predicted molar refractivity (Wildman–Crippen MR) is 142 cm³/mol. The van der Waals surface area contributed by atoms with E-state index in [1.54, 1.807) is 49.6 Å². The lowest BCUT2D eigenvalue weighted by Gasteiger charge is -2.38. The Hall–Kier alpha value is -3.97. The molecular formula is C26H35N7O6. The molecule has 0 saturated heterocycles. The van der Waals surface area contributed by atoms with Gasteiger partial charge in [0.1, 0.15) is 35.4 Å². The molecule has 2 amide bonds. The number of nitrogens with one attached hydrogen (secondary N) is 2. The highest BCUT2D eigenvalue weighted by Gasteiger charge is 2.39. The highest BCUT2D eigenvalue weighted by molar-refractivity contribution is 5.94. The Morgan fingerprint density at radius 1 is 1.15 bits per heavy atom. The highest BCUT2D eigenvalue weighted by Crippen LogP contribution is 2.32. The molecule has 4 rings (SSSR count). The molecule has 0 bridgehead atoms. The number of hydrogen-bond acceptors (Lipinski definition) is 10. The molecule has 39 heavy (non-hydrogen) atoms. The van der Waals surface area contributed by atoms with Crippen LogP contribution in [0.4, 0.5) is 10.6 Å². The number of nitrogens with two attached hydrogens (primary N) is 1. The van der Waals surface area contributed by atoms with E-state index >= 15 is 0 Å². The Kier molecular flexibility index (Phi) is 8.51. The number of carbonyl (C=O) groups excluding carboxylic acids is 2. The molecule has 2 aromatic heterocycles. The normalized spacial score (nSPS) is 21.4. The molecular weight excluding hydrogens is 506 g/mol. The summed E-state index contributed by atoms with van der Waals surface area (Å²) >= 11 is 0. The second-order valence-corrected chi connectivity index (χ2v) is 10.4. The first-order chi connectivity index (χ1) is 18.5. The lowest BCUT2D eigenvalue weighted by Crippen LogP contribution is -2.54. The summed E-state index contributed by atoms with van der Waals surface area (Å²) in [7, 11) is 0. The van der Waals surface area contributed by atoms with Gasteiger partial charge in [0.25, 0.3) is 5.91 Å². The summed E-state index contributed by atoms with van der Waals surface area (Å²) < 4.78 is 12.6. The zero-order valence-electron chi connectivity index (χ0n) is 22.2. The van der Waals surface area contributed by atoms with Crippen LogP contribution in [-0.2, 0) is 4.74 Å². The zero-order valence-corrected chi connectivity index (χ0v) is 22.2. The number of aliphatic hydroxyl groups excluding tert-OH is 2. The van der Waals surface area contributed by atoms with Crippen LogP contribution in [0.2, 0.25) is 0 Å². The van der Waals surface area contributed by atoms with Crippen molar-refractivity contribution in [2.75, 3.05) is 18.9 Å². The fraction of sp³-hybridized carbons (Fsp3) is 0.500. The monoisotopic (exact) mass is 541 g/mol. The van der Waals surface area contributed by atoms with Crippen LogP contribution in [0.5, 0.6) is 5.75 Å². The fourth-order valence-corrected chi connectivity index (χ4v) is 4.48. The average molecular weight is 542 g/mol. The summed E-state index contributed by atoms with van der Waals surface area (Å²) in [6, 6.07) is 5.53. The third kappa shape index (κ3) is 6.92. The van der Waals surface area contributed by atoms with Crippen molar-refractivity contribution in [2.24, 2.45) is 0 Å². The summed E-state index contributed by atoms with van der Waals surface area (Å²) in [4.78, 5) is 37.0. The number of nitrogens with zero attached hydrogens (tertiary/aromatic N) is 4. The standard InChI is InChI=1S/C26H35N7O6/c1-26(2,3)39-25(37)28-10-5-11-38-16-7-4-6-15(12-16)24(36)32-17-8-9-18(21(35)20(17)34)33-14-31-19-22(27)29-13-30-23(19)33/h4,6-7,12-14,17-18,20-21,34-35H,5,8-11H2,1-3H3,(H,28,37)(H,32,36)(H2,27,29,30)/t17-,18-,20-,21-/m1/s1. The van der Waals surface area contributed by atoms with E-state index in [1.807, 2.05) is 0 Å². The number of nitrogen functional groups attached to an aromatic ring is 1. The van der Waals surface area contributed by atoms with Gasteiger partial charge in [-0.1, -0.05) is 6.07 Å². The molecule has 0 aliphatic heterocycles. The number of benzene rings is 1. The van der Waals surface area contributed by atoms with Gasteiger partial charge in [-0.05, 0) is 58.2 Å². The lowest BCUT2D eigenvalue weighted by molar-refractivity contribution is -0.0552. The molecule has 0 radical (unpaired) electrons. The van der Waals surface area contributed by atoms with E-state index in [0.29, 0.717) is 54.9 Å². The molecule has 1 fully saturated rings. The number of aliphatic hydroxyl groups is 2. The van der Waals surface area contributed by atoms with Crippen molar-refractivity contribution in [3.05, 3.63) is 42.5 Å². The van der Waals surface area contributed by atoms with Gasteiger partial charge >= 0.3 is 6.09 Å². The van der Waals surface area contributed by atoms with Gasteiger partial charge in [-0.25, -0.2) is 19.7 Å². The van der Waals surface area contributed by atoms with Gasteiger partial charge in [0.05, 0.1) is 25.0 Å². The fourth-order valence-electron chi connectivity index (χ4n) is 4.48. The minimum Gasteiger partial charge on any atom is -0.494 e. The van der Waals surface area contributed by atoms with Crippen molar-refractivity contribution in [1.29, 1.82) is 0 Å². The maximum absolute atomic E-state index is 12.9. The first-order valence-corrected chi connectivity index (χ1v) is 12.8. The topological polar surface area (TPSA) is 187 Å². The van der Waals surface area contributed by atoms with Crippen molar-refractivity contribution in [3.63, 3.8) is 0 Å². The zero-order chi connectivity index (χ0) is 28.2. The van der Waals surface area contributed by atoms with Crippen LogP contribution in [-0.4, -0.2) is 78.7 Å². The number of aromatic nitrogens is 4. The number of ether oxygens (including phenoxy) is 2. The number of imidazole rings is 1. The van der Waals surface area contributed by atoms with Gasteiger partial charge in [0, 0.05) is 12.1 Å². The van der Waals surface area contributed by atoms with Gasteiger partial charge in [-0.15, -0.1) is 0 Å². The second kappa shape index (κ2) is 11.8. The van der Waals surface area contributed by atoms with Crippen LogP contribution in [0.3, 0.4) is 0 Å². The van der Waals surface area contributed by atoms with E-state index < -0.39 is 41.9 Å². The molecule has 6 N–H and O–H groups in total. The van der Waals surface area contributed by atoms with Gasteiger partial charge in [0.2, 0.25) is 0 Å². The van der Waals surface area contributed by atoms with Crippen LogP contribution >= 0.6 is 0 Å². The third-order valence-electron chi connectivity index (χ3n) is 6.34. The largest absolute Gasteiger partial charge is 0.494 e. The van der Waals surface area contributed by atoms with Gasteiger partial charge in [0.15, 0.2) is 11.5 Å². The Morgan fingerprint density at radius 3 is 2.72 bits per heavy atom. The van der Waals surface area contributed by atoms with Crippen LogP contribution in [0, 0.1) is 0 Å². The minimum atomic E-state index is -1.21. The Labute approximate surface area is 225 Å². The third-order valence-corrected chi connectivity index (χ3v) is 6.34. The molecule has 210 valence electrons. The van der Waals surface area contributed by atoms with Crippen LogP contribution < -0.4 is 21.1 Å². The van der Waals surface area contributed by atoms with E-state index in [9.17, 15) is 19.8 Å². The van der Waals surface area contributed by atoms with E-state index in [-0.39, 0.29) is 5.82 Å². The quantitative estimate of drug-likeness (QED) is 0.262. The number of carbonyl (C=O) groups is 2. The first-order valence-electron chi connectivity index (χ1n) is 12.8. The molecule has 1 aliphatic rings. The molecule has 2 heterocycles. The van der Waals surface area contributed by atoms with Crippen molar-refractivity contribution in [1.82, 2.24) is 30.2 Å². The van der Waals surface area contributed by atoms with E-state index in [4.69, 9.17) is 15.2 Å².